The van der Waals surface area contributed by atoms with E-state index in [1.807, 2.05) is 6.08 Å². The van der Waals surface area contributed by atoms with Crippen LogP contribution in [-0.4, -0.2) is 193 Å². The van der Waals surface area contributed by atoms with Gasteiger partial charge in [0.1, 0.15) is 73.2 Å². The summed E-state index contributed by atoms with van der Waals surface area (Å²) in [7, 11) is 0. The van der Waals surface area contributed by atoms with E-state index in [9.17, 15) is 61.0 Å². The highest BCUT2D eigenvalue weighted by atomic mass is 16.8. The van der Waals surface area contributed by atoms with Crippen LogP contribution in [0.4, 0.5) is 0 Å². The summed E-state index contributed by atoms with van der Waals surface area (Å²) in [5.74, 6) is -0.277. The Labute approximate surface area is 600 Å². The van der Waals surface area contributed by atoms with E-state index in [2.05, 4.69) is 31.3 Å². The molecule has 1 amide bonds. The van der Waals surface area contributed by atoms with E-state index < -0.39 is 124 Å². The van der Waals surface area contributed by atoms with E-state index in [0.717, 1.165) is 38.5 Å². The van der Waals surface area contributed by atoms with Crippen LogP contribution in [0.15, 0.2) is 24.3 Å². The van der Waals surface area contributed by atoms with Crippen LogP contribution in [0.25, 0.3) is 0 Å². The van der Waals surface area contributed by atoms with Crippen molar-refractivity contribution < 1.29 is 89.4 Å². The second-order valence-corrected chi connectivity index (χ2v) is 29.6. The number of aliphatic hydroxyl groups is 11. The molecular formula is C80H151NO18. The number of rotatable bonds is 66. The Hall–Kier alpha value is -1.73. The van der Waals surface area contributed by atoms with Gasteiger partial charge in [0.15, 0.2) is 18.9 Å². The van der Waals surface area contributed by atoms with Crippen LogP contribution < -0.4 is 5.32 Å². The van der Waals surface area contributed by atoms with E-state index in [1.54, 1.807) is 6.08 Å². The minimum atomic E-state index is -1.98. The third-order valence-corrected chi connectivity index (χ3v) is 20.8. The number of aliphatic hydroxyl groups excluding tert-OH is 11. The third-order valence-electron chi connectivity index (χ3n) is 20.8. The summed E-state index contributed by atoms with van der Waals surface area (Å²) in [5.41, 5.74) is 0. The van der Waals surface area contributed by atoms with Gasteiger partial charge in [-0.1, -0.05) is 334 Å². The molecule has 17 atom stereocenters. The maximum Gasteiger partial charge on any atom is 0.220 e. The molecule has 12 N–H and O–H groups in total. The van der Waals surface area contributed by atoms with E-state index in [4.69, 9.17) is 28.4 Å². The molecule has 0 aliphatic carbocycles. The van der Waals surface area contributed by atoms with E-state index in [-0.39, 0.29) is 18.9 Å². The molecule has 584 valence electrons. The predicted octanol–water partition coefficient (Wildman–Crippen LogP) is 13.7. The van der Waals surface area contributed by atoms with Gasteiger partial charge in [-0.25, -0.2) is 0 Å². The standard InChI is InChI=1S/C80H151NO18/c1-3-5-7-9-11-13-15-17-19-21-23-25-27-29-31-32-34-36-38-40-42-44-46-48-50-52-54-56-58-68(86)81-63(64(85)57-55-53-51-49-47-45-43-41-39-37-35-33-30-28-26-24-22-20-18-16-14-12-10-8-6-4-2)62-94-78-74(92)71(89)76(66(60-83)96-78)99-80-75(93)72(90)77(67(61-84)97-80)98-79-73(91)70(88)69(87)65(59-82)95-79/h47,49,55,57,63-67,69-80,82-85,87-93H,3-46,48,50-54,56,58-62H2,1-2H3,(H,81,86)/b49-47+,57-55+. The van der Waals surface area contributed by atoms with E-state index >= 15 is 0 Å². The van der Waals surface area contributed by atoms with Crippen molar-refractivity contribution in [2.75, 3.05) is 26.4 Å². The van der Waals surface area contributed by atoms with Crippen molar-refractivity contribution in [2.45, 2.75) is 452 Å². The average Bonchev–Trinajstić information content (AvgIpc) is 0.786. The van der Waals surface area contributed by atoms with Crippen molar-refractivity contribution in [1.82, 2.24) is 5.32 Å². The smallest absolute Gasteiger partial charge is 0.220 e. The number of unbranched alkanes of at least 4 members (excludes halogenated alkanes) is 48. The molecule has 17 unspecified atom stereocenters. The van der Waals surface area contributed by atoms with Gasteiger partial charge in [-0.05, 0) is 32.1 Å². The molecule has 0 bridgehead atoms. The zero-order valence-corrected chi connectivity index (χ0v) is 62.5. The predicted molar refractivity (Wildman–Crippen MR) is 393 cm³/mol. The van der Waals surface area contributed by atoms with Gasteiger partial charge in [0, 0.05) is 6.42 Å². The molecule has 99 heavy (non-hydrogen) atoms. The highest BCUT2D eigenvalue weighted by molar-refractivity contribution is 5.76. The summed E-state index contributed by atoms with van der Waals surface area (Å²) in [6.45, 7) is 1.78. The number of nitrogens with one attached hydrogen (secondary N) is 1. The van der Waals surface area contributed by atoms with Crippen LogP contribution >= 0.6 is 0 Å². The minimum Gasteiger partial charge on any atom is -0.394 e. The Kier molecular flexibility index (Phi) is 56.8. The number of carbonyl (C=O) groups excluding carboxylic acids is 1. The van der Waals surface area contributed by atoms with E-state index in [1.165, 1.54) is 276 Å². The van der Waals surface area contributed by atoms with Crippen LogP contribution in [0.1, 0.15) is 348 Å². The number of amides is 1. The van der Waals surface area contributed by atoms with Gasteiger partial charge < -0.3 is 89.9 Å². The largest absolute Gasteiger partial charge is 0.394 e. The molecule has 3 heterocycles. The first-order chi connectivity index (χ1) is 48.3. The van der Waals surface area contributed by atoms with Gasteiger partial charge in [-0.2, -0.15) is 0 Å². The highest BCUT2D eigenvalue weighted by Crippen LogP contribution is 2.33. The van der Waals surface area contributed by atoms with Crippen molar-refractivity contribution in [2.24, 2.45) is 0 Å². The molecule has 3 saturated heterocycles. The maximum atomic E-state index is 13.5. The van der Waals surface area contributed by atoms with Gasteiger partial charge in [-0.15, -0.1) is 0 Å². The molecule has 0 aromatic carbocycles. The maximum absolute atomic E-state index is 13.5. The topological polar surface area (TPSA) is 307 Å². The minimum absolute atomic E-state index is 0.241. The Morgan fingerprint density at radius 3 is 1.01 bits per heavy atom. The molecule has 0 aromatic rings. The number of carbonyl (C=O) groups is 1. The number of hydrogen-bond acceptors (Lipinski definition) is 18. The average molecular weight is 1420 g/mol. The second kappa shape index (κ2) is 61.4. The van der Waals surface area contributed by atoms with Crippen LogP contribution in [-0.2, 0) is 33.2 Å². The summed E-state index contributed by atoms with van der Waals surface area (Å²) < 4.78 is 34.5. The van der Waals surface area contributed by atoms with Gasteiger partial charge in [-0.3, -0.25) is 4.79 Å². The zero-order chi connectivity index (χ0) is 71.8. The monoisotopic (exact) mass is 1410 g/mol. The van der Waals surface area contributed by atoms with Crippen LogP contribution in [0.3, 0.4) is 0 Å². The third kappa shape index (κ3) is 41.7. The Morgan fingerprint density at radius 2 is 0.646 bits per heavy atom. The fourth-order valence-corrected chi connectivity index (χ4v) is 14.2. The first-order valence-electron chi connectivity index (χ1n) is 41.1. The second-order valence-electron chi connectivity index (χ2n) is 29.6. The van der Waals surface area contributed by atoms with Gasteiger partial charge in [0.25, 0.3) is 0 Å². The first-order valence-corrected chi connectivity index (χ1v) is 41.1. The molecule has 3 aliphatic rings. The molecule has 3 fully saturated rings. The molecule has 0 radical (unpaired) electrons. The summed E-state index contributed by atoms with van der Waals surface area (Å²) in [4.78, 5) is 13.5. The molecule has 19 heteroatoms. The zero-order valence-electron chi connectivity index (χ0n) is 62.5. The van der Waals surface area contributed by atoms with E-state index in [0.29, 0.717) is 12.8 Å². The van der Waals surface area contributed by atoms with Crippen molar-refractivity contribution >= 4 is 5.91 Å². The molecule has 3 aliphatic heterocycles. The normalized spacial score (nSPS) is 26.7. The number of hydrogen-bond donors (Lipinski definition) is 12. The summed E-state index contributed by atoms with van der Waals surface area (Å²) in [6.07, 6.45) is 47.5. The summed E-state index contributed by atoms with van der Waals surface area (Å²) >= 11 is 0. The lowest BCUT2D eigenvalue weighted by atomic mass is 9.96. The molecule has 3 rings (SSSR count). The van der Waals surface area contributed by atoms with Crippen molar-refractivity contribution in [3.05, 3.63) is 24.3 Å². The van der Waals surface area contributed by atoms with Crippen LogP contribution in [0.2, 0.25) is 0 Å². The molecule has 19 nitrogen and oxygen atoms in total. The first kappa shape index (κ1) is 91.5. The Balaban J connectivity index is 1.38. The van der Waals surface area contributed by atoms with Gasteiger partial charge in [0.2, 0.25) is 5.91 Å². The SMILES string of the molecule is CCCCCCCCCCCCCCCCCCCCCC/C=C/CC/C=C/C(O)C(COC1OC(CO)C(OC2OC(CO)C(OC3OC(CO)C(O)C(O)C3O)C(O)C2O)C(O)C1O)NC(=O)CCCCCCCCCCCCCCCCCCCCCCCCCCCCCC. The molecule has 0 aromatic heterocycles. The van der Waals surface area contributed by atoms with Crippen LogP contribution in [0.5, 0.6) is 0 Å². The molecular weight excluding hydrogens is 1260 g/mol. The molecule has 0 spiro atoms. The quantitative estimate of drug-likeness (QED) is 0.0199. The number of ether oxygens (including phenoxy) is 6. The lowest BCUT2D eigenvalue weighted by Gasteiger charge is -2.48. The Morgan fingerprint density at radius 1 is 0.354 bits per heavy atom. The summed E-state index contributed by atoms with van der Waals surface area (Å²) in [6, 6.07) is -0.988. The van der Waals surface area contributed by atoms with Crippen molar-refractivity contribution in [1.29, 1.82) is 0 Å². The lowest BCUT2D eigenvalue weighted by molar-refractivity contribution is -0.379. The fraction of sp³-hybridized carbons (Fsp3) is 0.938. The molecule has 0 saturated carbocycles. The van der Waals surface area contributed by atoms with Gasteiger partial charge in [0.05, 0.1) is 38.6 Å². The van der Waals surface area contributed by atoms with Gasteiger partial charge >= 0.3 is 0 Å². The Bertz CT molecular complexity index is 1880. The number of allylic oxidation sites excluding steroid dienone is 3. The van der Waals surface area contributed by atoms with Crippen molar-refractivity contribution in [3.63, 3.8) is 0 Å². The summed E-state index contributed by atoms with van der Waals surface area (Å²) in [5, 5.41) is 121. The van der Waals surface area contributed by atoms with Crippen LogP contribution in [0, 0.1) is 0 Å². The lowest BCUT2D eigenvalue weighted by Crippen LogP contribution is -2.66. The highest BCUT2D eigenvalue weighted by Gasteiger charge is 2.54. The fourth-order valence-electron chi connectivity index (χ4n) is 14.2. The van der Waals surface area contributed by atoms with Crippen molar-refractivity contribution in [3.8, 4) is 0 Å².